The molecule has 0 bridgehead atoms. The first-order valence-electron chi connectivity index (χ1n) is 7.63. The van der Waals surface area contributed by atoms with Gasteiger partial charge in [-0.05, 0) is 25.1 Å². The lowest BCUT2D eigenvalue weighted by molar-refractivity contribution is -0.137. The number of alkyl halides is 3. The summed E-state index contributed by atoms with van der Waals surface area (Å²) in [5.41, 5.74) is 5.45. The third-order valence-electron chi connectivity index (χ3n) is 3.44. The van der Waals surface area contributed by atoms with E-state index in [1.165, 1.54) is 19.2 Å². The highest BCUT2D eigenvalue weighted by Gasteiger charge is 2.30. The fourth-order valence-electron chi connectivity index (χ4n) is 2.22. The smallest absolute Gasteiger partial charge is 0.398 e. The third-order valence-corrected chi connectivity index (χ3v) is 3.44. The zero-order valence-electron chi connectivity index (χ0n) is 14.4. The van der Waals surface area contributed by atoms with Gasteiger partial charge in [-0.2, -0.15) is 13.2 Å². The van der Waals surface area contributed by atoms with Crippen molar-refractivity contribution in [3.05, 3.63) is 65.2 Å². The van der Waals surface area contributed by atoms with Gasteiger partial charge >= 0.3 is 6.18 Å². The second-order valence-corrected chi connectivity index (χ2v) is 5.33. The topological polar surface area (TPSA) is 86.3 Å². The Morgan fingerprint density at radius 1 is 1.04 bits per heavy atom. The Bertz CT molecular complexity index is 893. The summed E-state index contributed by atoms with van der Waals surface area (Å²) in [5.74, 6) is -0.891. The maximum Gasteiger partial charge on any atom is 0.416 e. The van der Waals surface area contributed by atoms with E-state index in [1.807, 2.05) is 0 Å². The minimum Gasteiger partial charge on any atom is -0.398 e. The van der Waals surface area contributed by atoms with Crippen LogP contribution in [0.4, 0.5) is 13.2 Å². The molecule has 0 unspecified atom stereocenters. The quantitative estimate of drug-likeness (QED) is 0.617. The molecule has 0 saturated carbocycles. The van der Waals surface area contributed by atoms with E-state index in [0.29, 0.717) is 16.8 Å². The van der Waals surface area contributed by atoms with Crippen LogP contribution in [0.15, 0.2) is 58.8 Å². The Morgan fingerprint density at radius 2 is 1.70 bits per heavy atom. The maximum absolute atomic E-state index is 12.8. The first-order chi connectivity index (χ1) is 12.7. The van der Waals surface area contributed by atoms with Crippen molar-refractivity contribution < 1.29 is 27.6 Å². The molecule has 0 fully saturated rings. The molecule has 0 saturated heterocycles. The molecule has 2 N–H and O–H groups in total. The lowest BCUT2D eigenvalue weighted by atomic mass is 9.99. The van der Waals surface area contributed by atoms with Crippen molar-refractivity contribution >= 4 is 17.3 Å². The number of nitrogens with zero attached hydrogens (tertiary/aromatic N) is 2. The van der Waals surface area contributed by atoms with E-state index in [2.05, 4.69) is 15.1 Å². The summed E-state index contributed by atoms with van der Waals surface area (Å²) in [6, 6.07) is 10.9. The second-order valence-electron chi connectivity index (χ2n) is 5.33. The van der Waals surface area contributed by atoms with Gasteiger partial charge in [0.1, 0.15) is 7.11 Å². The first-order valence-corrected chi connectivity index (χ1v) is 7.63. The van der Waals surface area contributed by atoms with Crippen LogP contribution in [-0.2, 0) is 15.8 Å². The lowest BCUT2D eigenvalue weighted by Crippen LogP contribution is -2.26. The van der Waals surface area contributed by atoms with Gasteiger partial charge in [-0.25, -0.2) is 0 Å². The second kappa shape index (κ2) is 8.35. The van der Waals surface area contributed by atoms with Gasteiger partial charge in [-0.1, -0.05) is 40.6 Å². The summed E-state index contributed by atoms with van der Waals surface area (Å²) in [6.45, 7) is 1.57. The van der Waals surface area contributed by atoms with Crippen LogP contribution in [0.5, 0.6) is 5.75 Å². The van der Waals surface area contributed by atoms with Gasteiger partial charge in [0.15, 0.2) is 11.5 Å². The average molecular weight is 379 g/mol. The molecule has 2 aromatic rings. The Balaban J connectivity index is 2.35. The predicted molar refractivity (Wildman–Crippen MR) is 93.5 cm³/mol. The summed E-state index contributed by atoms with van der Waals surface area (Å²) in [6.07, 6.45) is -4.49. The van der Waals surface area contributed by atoms with Gasteiger partial charge in [-0.15, -0.1) is 0 Å². The van der Waals surface area contributed by atoms with Crippen LogP contribution in [0.2, 0.25) is 0 Å². The largest absolute Gasteiger partial charge is 0.416 e. The van der Waals surface area contributed by atoms with Gasteiger partial charge in [-0.3, -0.25) is 4.79 Å². The van der Waals surface area contributed by atoms with Crippen LogP contribution in [0.3, 0.4) is 0 Å². The Kier molecular flexibility index (Phi) is 6.17. The van der Waals surface area contributed by atoms with Crippen molar-refractivity contribution in [2.24, 2.45) is 16.0 Å². The fourth-order valence-corrected chi connectivity index (χ4v) is 2.22. The summed E-state index contributed by atoms with van der Waals surface area (Å²) in [7, 11) is 1.27. The van der Waals surface area contributed by atoms with Crippen LogP contribution in [0, 0.1) is 0 Å². The van der Waals surface area contributed by atoms with Gasteiger partial charge in [0, 0.05) is 11.1 Å². The molecule has 1 amide bonds. The fraction of sp³-hybridized carbons (Fsp3) is 0.167. The molecular weight excluding hydrogens is 363 g/mol. The van der Waals surface area contributed by atoms with Gasteiger partial charge in [0.25, 0.3) is 5.91 Å². The molecule has 0 spiro atoms. The molecule has 27 heavy (non-hydrogen) atoms. The van der Waals surface area contributed by atoms with Crippen LogP contribution >= 0.6 is 0 Å². The highest BCUT2D eigenvalue weighted by molar-refractivity contribution is 6.46. The van der Waals surface area contributed by atoms with E-state index in [0.717, 1.165) is 12.1 Å². The number of benzene rings is 2. The van der Waals surface area contributed by atoms with Crippen molar-refractivity contribution in [3.63, 3.8) is 0 Å². The number of oxime groups is 2. The minimum absolute atomic E-state index is 0.0812. The zero-order chi connectivity index (χ0) is 20.0. The Hall–Kier alpha value is -3.36. The SMILES string of the molecule is CON=C(C(N)=O)c1ccccc1C(C)=NOc1cccc(C(F)(F)F)c1. The number of rotatable bonds is 6. The van der Waals surface area contributed by atoms with E-state index in [4.69, 9.17) is 10.6 Å². The number of halogens is 3. The molecule has 6 nitrogen and oxygen atoms in total. The molecule has 2 aromatic carbocycles. The van der Waals surface area contributed by atoms with E-state index in [9.17, 15) is 18.0 Å². The molecule has 0 radical (unpaired) electrons. The molecular formula is C18H16F3N3O3. The predicted octanol–water partition coefficient (Wildman–Crippen LogP) is 3.34. The average Bonchev–Trinajstić information content (AvgIpc) is 2.63. The maximum atomic E-state index is 12.8. The van der Waals surface area contributed by atoms with E-state index < -0.39 is 17.6 Å². The van der Waals surface area contributed by atoms with E-state index in [1.54, 1.807) is 31.2 Å². The molecule has 0 aromatic heterocycles. The van der Waals surface area contributed by atoms with Crippen LogP contribution in [0.25, 0.3) is 0 Å². The number of carbonyl (C=O) groups excluding carboxylic acids is 1. The zero-order valence-corrected chi connectivity index (χ0v) is 14.4. The normalized spacial score (nSPS) is 12.6. The number of nitrogens with two attached hydrogens (primary N) is 1. The van der Waals surface area contributed by atoms with Crippen molar-refractivity contribution in [3.8, 4) is 5.75 Å². The monoisotopic (exact) mass is 379 g/mol. The number of hydrogen-bond donors (Lipinski definition) is 1. The van der Waals surface area contributed by atoms with Crippen LogP contribution in [0.1, 0.15) is 23.6 Å². The van der Waals surface area contributed by atoms with Crippen molar-refractivity contribution in [1.29, 1.82) is 0 Å². The Labute approximate surface area is 153 Å². The van der Waals surface area contributed by atoms with Crippen molar-refractivity contribution in [2.45, 2.75) is 13.1 Å². The van der Waals surface area contributed by atoms with E-state index >= 15 is 0 Å². The summed E-state index contributed by atoms with van der Waals surface area (Å²) >= 11 is 0. The van der Waals surface area contributed by atoms with Gasteiger partial charge < -0.3 is 15.4 Å². The van der Waals surface area contributed by atoms with Crippen molar-refractivity contribution in [1.82, 2.24) is 0 Å². The highest BCUT2D eigenvalue weighted by Crippen LogP contribution is 2.31. The van der Waals surface area contributed by atoms with Crippen LogP contribution < -0.4 is 10.6 Å². The standard InChI is InChI=1S/C18H16F3N3O3/c1-11(23-27-13-7-5-6-12(10-13)18(19,20)21)14-8-3-4-9-15(14)16(17(22)25)24-26-2/h3-10H,1-2H3,(H2,22,25). The first kappa shape index (κ1) is 20.0. The summed E-state index contributed by atoms with van der Waals surface area (Å²) in [5, 5.41) is 7.47. The molecule has 0 aliphatic heterocycles. The molecule has 9 heteroatoms. The third kappa shape index (κ3) is 5.06. The molecule has 142 valence electrons. The van der Waals surface area contributed by atoms with Gasteiger partial charge in [0.2, 0.25) is 0 Å². The minimum atomic E-state index is -4.49. The highest BCUT2D eigenvalue weighted by atomic mass is 19.4. The molecule has 0 heterocycles. The summed E-state index contributed by atoms with van der Waals surface area (Å²) in [4.78, 5) is 21.4. The molecule has 2 rings (SSSR count). The lowest BCUT2D eigenvalue weighted by Gasteiger charge is -2.10. The number of primary amides is 1. The number of amides is 1. The van der Waals surface area contributed by atoms with Gasteiger partial charge in [0.05, 0.1) is 11.3 Å². The van der Waals surface area contributed by atoms with E-state index in [-0.39, 0.29) is 11.5 Å². The van der Waals surface area contributed by atoms with Crippen LogP contribution in [-0.4, -0.2) is 24.4 Å². The Morgan fingerprint density at radius 3 is 2.30 bits per heavy atom. The molecule has 0 aliphatic carbocycles. The van der Waals surface area contributed by atoms with Crippen molar-refractivity contribution in [2.75, 3.05) is 7.11 Å². The molecule has 0 aliphatic rings. The summed E-state index contributed by atoms with van der Waals surface area (Å²) < 4.78 is 38.3. The number of hydrogen-bond acceptors (Lipinski definition) is 5. The molecule has 0 atom stereocenters. The number of carbonyl (C=O) groups is 1.